The number of aromatic nitrogens is 3. The second-order valence-corrected chi connectivity index (χ2v) is 7.39. The van der Waals surface area contributed by atoms with Crippen molar-refractivity contribution in [2.75, 3.05) is 10.7 Å². The fraction of sp³-hybridized carbons (Fsp3) is 0.211. The first-order valence-corrected chi connectivity index (χ1v) is 9.27. The first-order chi connectivity index (χ1) is 12.6. The molecule has 3 aromatic rings. The molecule has 2 atom stereocenters. The van der Waals surface area contributed by atoms with E-state index < -0.39 is 0 Å². The van der Waals surface area contributed by atoms with E-state index in [4.69, 9.17) is 0 Å². The molecule has 2 aromatic carbocycles. The van der Waals surface area contributed by atoms with E-state index in [1.54, 1.807) is 0 Å². The number of anilines is 1. The number of hydrogen-bond acceptors (Lipinski definition) is 5. The van der Waals surface area contributed by atoms with Crippen LogP contribution in [-0.4, -0.2) is 26.0 Å². The Balaban J connectivity index is 1.64. The summed E-state index contributed by atoms with van der Waals surface area (Å²) in [5.41, 5.74) is 6.38. The van der Waals surface area contributed by atoms with Crippen molar-refractivity contribution in [2.45, 2.75) is 30.3 Å². The minimum atomic E-state index is -0.366. The normalized spacial score (nSPS) is 18.7. The maximum Gasteiger partial charge on any atom is 0.240 e. The van der Waals surface area contributed by atoms with Gasteiger partial charge in [0.25, 0.3) is 0 Å². The van der Waals surface area contributed by atoms with Gasteiger partial charge in [-0.25, -0.2) is 4.68 Å². The van der Waals surface area contributed by atoms with Gasteiger partial charge >= 0.3 is 0 Å². The molecule has 0 bridgehead atoms. The Morgan fingerprint density at radius 2 is 1.81 bits per heavy atom. The Labute approximate surface area is 156 Å². The van der Waals surface area contributed by atoms with Crippen molar-refractivity contribution < 1.29 is 4.79 Å². The van der Waals surface area contributed by atoms with Gasteiger partial charge in [0.2, 0.25) is 11.1 Å². The number of benzene rings is 2. The molecule has 1 aliphatic heterocycles. The predicted octanol–water partition coefficient (Wildman–Crippen LogP) is 3.29. The van der Waals surface area contributed by atoms with Crippen molar-refractivity contribution in [1.82, 2.24) is 14.9 Å². The van der Waals surface area contributed by atoms with Crippen LogP contribution in [0.1, 0.15) is 23.0 Å². The molecule has 0 unspecified atom stereocenters. The molecule has 1 aromatic heterocycles. The van der Waals surface area contributed by atoms with Gasteiger partial charge in [0.15, 0.2) is 0 Å². The van der Waals surface area contributed by atoms with Crippen LogP contribution in [0.4, 0.5) is 5.69 Å². The maximum atomic E-state index is 13.0. The number of amides is 1. The maximum absolute atomic E-state index is 13.0. The molecular weight excluding hydrogens is 346 g/mol. The lowest BCUT2D eigenvalue weighted by Crippen LogP contribution is -2.41. The number of fused-ring (bicyclic) bond motifs is 1. The molecule has 0 spiro atoms. The molecule has 6 nitrogen and oxygen atoms in total. The van der Waals surface area contributed by atoms with Crippen molar-refractivity contribution in [3.05, 3.63) is 71.5 Å². The number of nitrogens with one attached hydrogen (secondary N) is 2. The summed E-state index contributed by atoms with van der Waals surface area (Å²) >= 11 is 1.43. The molecule has 132 valence electrons. The lowest BCUT2D eigenvalue weighted by atomic mass is 10.0. The van der Waals surface area contributed by atoms with E-state index in [2.05, 4.69) is 20.9 Å². The highest BCUT2D eigenvalue weighted by Crippen LogP contribution is 2.37. The number of rotatable bonds is 3. The van der Waals surface area contributed by atoms with Crippen LogP contribution in [0.25, 0.3) is 0 Å². The Kier molecular flexibility index (Phi) is 4.38. The molecule has 0 saturated carbocycles. The van der Waals surface area contributed by atoms with Crippen LogP contribution in [0.2, 0.25) is 0 Å². The second kappa shape index (κ2) is 6.84. The van der Waals surface area contributed by atoms with Gasteiger partial charge in [-0.05, 0) is 31.5 Å². The molecule has 0 radical (unpaired) electrons. The Hall–Kier alpha value is -2.80. The molecule has 7 heteroatoms. The van der Waals surface area contributed by atoms with Crippen molar-refractivity contribution in [2.24, 2.45) is 0 Å². The fourth-order valence-electron chi connectivity index (χ4n) is 2.92. The van der Waals surface area contributed by atoms with E-state index in [0.717, 1.165) is 22.6 Å². The van der Waals surface area contributed by atoms with Crippen molar-refractivity contribution >= 4 is 23.4 Å². The van der Waals surface area contributed by atoms with E-state index in [0.29, 0.717) is 5.16 Å². The highest BCUT2D eigenvalue weighted by atomic mass is 32.2. The molecule has 0 aliphatic carbocycles. The molecular formula is C19H19N5OS. The number of hydrogen-bond donors (Lipinski definition) is 2. The third kappa shape index (κ3) is 3.17. The first-order valence-electron chi connectivity index (χ1n) is 8.39. The van der Waals surface area contributed by atoms with Crippen LogP contribution >= 0.6 is 11.8 Å². The van der Waals surface area contributed by atoms with Gasteiger partial charge in [-0.1, -0.05) is 59.8 Å². The zero-order valence-corrected chi connectivity index (χ0v) is 15.3. The fourth-order valence-corrected chi connectivity index (χ4v) is 4.05. The summed E-state index contributed by atoms with van der Waals surface area (Å²) in [5, 5.41) is 11.6. The quantitative estimate of drug-likeness (QED) is 0.745. The highest BCUT2D eigenvalue weighted by Gasteiger charge is 2.37. The summed E-state index contributed by atoms with van der Waals surface area (Å²) in [5.74, 6) is 0.706. The highest BCUT2D eigenvalue weighted by molar-refractivity contribution is 8.00. The van der Waals surface area contributed by atoms with E-state index in [1.165, 1.54) is 11.8 Å². The van der Waals surface area contributed by atoms with Crippen LogP contribution in [-0.2, 0) is 4.79 Å². The van der Waals surface area contributed by atoms with Gasteiger partial charge in [-0.15, -0.1) is 10.2 Å². The Bertz CT molecular complexity index is 923. The third-order valence-corrected chi connectivity index (χ3v) is 5.55. The lowest BCUT2D eigenvalue weighted by molar-refractivity contribution is -0.116. The number of carbonyl (C=O) groups is 1. The van der Waals surface area contributed by atoms with Crippen LogP contribution in [0, 0.1) is 13.8 Å². The Morgan fingerprint density at radius 1 is 1.08 bits per heavy atom. The summed E-state index contributed by atoms with van der Waals surface area (Å²) in [6.07, 6.45) is 0. The first kappa shape index (κ1) is 16.7. The van der Waals surface area contributed by atoms with Gasteiger partial charge < -0.3 is 10.7 Å². The monoisotopic (exact) mass is 365 g/mol. The second-order valence-electron chi connectivity index (χ2n) is 6.28. The summed E-state index contributed by atoms with van der Waals surface area (Å²) in [7, 11) is 0. The average Bonchev–Trinajstić information content (AvgIpc) is 3.03. The standard InChI is InChI=1S/C19H19N5OS/c1-12-8-10-15(11-9-12)20-18(25)17-16(14-6-4-3-5-7-14)23-24-13(2)21-22-19(24)26-17/h3-11,16-17,23H,1-2H3,(H,20,25)/t16-,17-/m0/s1. The summed E-state index contributed by atoms with van der Waals surface area (Å²) in [6, 6.07) is 17.6. The van der Waals surface area contributed by atoms with Gasteiger partial charge in [0.05, 0.1) is 6.04 Å². The molecule has 0 fully saturated rings. The SMILES string of the molecule is Cc1ccc(NC(=O)[C@H]2Sc3nnc(C)n3N[C@H]2c2ccccc2)cc1. The van der Waals surface area contributed by atoms with Crippen LogP contribution in [0.15, 0.2) is 59.8 Å². The number of thioether (sulfide) groups is 1. The molecule has 2 N–H and O–H groups in total. The summed E-state index contributed by atoms with van der Waals surface area (Å²) in [4.78, 5) is 13.0. The van der Waals surface area contributed by atoms with Crippen molar-refractivity contribution in [3.8, 4) is 0 Å². The number of carbonyl (C=O) groups excluding carboxylic acids is 1. The van der Waals surface area contributed by atoms with E-state index in [9.17, 15) is 4.79 Å². The van der Waals surface area contributed by atoms with Crippen LogP contribution in [0.3, 0.4) is 0 Å². The zero-order valence-electron chi connectivity index (χ0n) is 14.5. The molecule has 1 amide bonds. The topological polar surface area (TPSA) is 71.8 Å². The summed E-state index contributed by atoms with van der Waals surface area (Å²) < 4.78 is 1.85. The molecule has 2 heterocycles. The minimum absolute atomic E-state index is 0.0629. The van der Waals surface area contributed by atoms with Crippen molar-refractivity contribution in [3.63, 3.8) is 0 Å². The van der Waals surface area contributed by atoms with E-state index in [-0.39, 0.29) is 17.2 Å². The molecule has 4 rings (SSSR count). The third-order valence-electron chi connectivity index (χ3n) is 4.33. The number of nitrogens with zero attached hydrogens (tertiary/aromatic N) is 3. The van der Waals surface area contributed by atoms with Crippen LogP contribution < -0.4 is 10.7 Å². The zero-order chi connectivity index (χ0) is 18.1. The molecule has 26 heavy (non-hydrogen) atoms. The Morgan fingerprint density at radius 3 is 2.54 bits per heavy atom. The minimum Gasteiger partial charge on any atom is -0.325 e. The lowest BCUT2D eigenvalue weighted by Gasteiger charge is -2.32. The van der Waals surface area contributed by atoms with Gasteiger partial charge in [0, 0.05) is 5.69 Å². The largest absolute Gasteiger partial charge is 0.325 e. The predicted molar refractivity (Wildman–Crippen MR) is 103 cm³/mol. The smallest absolute Gasteiger partial charge is 0.240 e. The van der Waals surface area contributed by atoms with Crippen LogP contribution in [0.5, 0.6) is 0 Å². The molecule has 1 aliphatic rings. The number of aryl methyl sites for hydroxylation is 2. The van der Waals surface area contributed by atoms with E-state index in [1.807, 2.05) is 73.1 Å². The van der Waals surface area contributed by atoms with Crippen molar-refractivity contribution in [1.29, 1.82) is 0 Å². The van der Waals surface area contributed by atoms with Gasteiger partial charge in [-0.2, -0.15) is 0 Å². The van der Waals surface area contributed by atoms with Gasteiger partial charge in [0.1, 0.15) is 11.1 Å². The summed E-state index contributed by atoms with van der Waals surface area (Å²) in [6.45, 7) is 3.91. The van der Waals surface area contributed by atoms with E-state index >= 15 is 0 Å². The van der Waals surface area contributed by atoms with Gasteiger partial charge in [-0.3, -0.25) is 4.79 Å². The molecule has 0 saturated heterocycles. The average molecular weight is 365 g/mol.